The summed E-state index contributed by atoms with van der Waals surface area (Å²) in [5.41, 5.74) is 0.660. The zero-order chi connectivity index (χ0) is 25.2. The number of ether oxygens (including phenoxy) is 2. The molecule has 1 fully saturated rings. The lowest BCUT2D eigenvalue weighted by atomic mass is 10.1. The summed E-state index contributed by atoms with van der Waals surface area (Å²) in [6, 6.07) is 2.93. The van der Waals surface area contributed by atoms with Crippen molar-refractivity contribution in [2.75, 3.05) is 26.8 Å². The Kier molecular flexibility index (Phi) is 7.51. The van der Waals surface area contributed by atoms with Gasteiger partial charge >= 0.3 is 6.18 Å². The van der Waals surface area contributed by atoms with Gasteiger partial charge in [-0.2, -0.15) is 18.2 Å². The van der Waals surface area contributed by atoms with E-state index in [1.54, 1.807) is 0 Å². The number of alkyl halides is 3. The van der Waals surface area contributed by atoms with Crippen LogP contribution < -0.4 is 9.54 Å². The molecule has 2 aliphatic rings. The molecule has 0 aliphatic carbocycles. The first-order valence-corrected chi connectivity index (χ1v) is 12.2. The predicted molar refractivity (Wildman–Crippen MR) is 127 cm³/mol. The molecule has 35 heavy (non-hydrogen) atoms. The van der Waals surface area contributed by atoms with E-state index in [4.69, 9.17) is 9.47 Å². The van der Waals surface area contributed by atoms with Crippen LogP contribution in [-0.2, 0) is 17.5 Å². The highest BCUT2D eigenvalue weighted by Crippen LogP contribution is 2.33. The van der Waals surface area contributed by atoms with Crippen molar-refractivity contribution >= 4 is 17.2 Å². The van der Waals surface area contributed by atoms with Crippen molar-refractivity contribution in [2.24, 2.45) is 4.99 Å². The van der Waals surface area contributed by atoms with Crippen LogP contribution in [0.15, 0.2) is 47.1 Å². The minimum atomic E-state index is -4.60. The van der Waals surface area contributed by atoms with E-state index in [1.807, 2.05) is 48.6 Å². The smallest absolute Gasteiger partial charge is 0.416 e. The Morgan fingerprint density at radius 1 is 1.31 bits per heavy atom. The van der Waals surface area contributed by atoms with Crippen LogP contribution in [0.25, 0.3) is 0 Å². The SMILES string of the molecule is Cc1sc(=NC(=O)c2cc(C(F)(F)F)ccc2OCC2=CC=CCN2C)n(C[C@H]2CCCO2)c1C. The van der Waals surface area contributed by atoms with Crippen LogP contribution in [0.5, 0.6) is 5.75 Å². The van der Waals surface area contributed by atoms with Gasteiger partial charge in [-0.3, -0.25) is 4.79 Å². The molecule has 10 heteroatoms. The first kappa shape index (κ1) is 25.2. The molecule has 1 saturated heterocycles. The normalized spacial score (nSPS) is 18.8. The molecule has 1 aromatic carbocycles. The third kappa shape index (κ3) is 5.87. The number of aromatic nitrogens is 1. The van der Waals surface area contributed by atoms with Gasteiger partial charge in [-0.1, -0.05) is 12.2 Å². The maximum Gasteiger partial charge on any atom is 0.416 e. The van der Waals surface area contributed by atoms with E-state index >= 15 is 0 Å². The largest absolute Gasteiger partial charge is 0.487 e. The molecule has 188 valence electrons. The van der Waals surface area contributed by atoms with Crippen molar-refractivity contribution in [3.63, 3.8) is 0 Å². The number of nitrogens with zero attached hydrogens (tertiary/aromatic N) is 3. The summed E-state index contributed by atoms with van der Waals surface area (Å²) in [6.07, 6.45) is 3.06. The molecule has 0 unspecified atom stereocenters. The summed E-state index contributed by atoms with van der Waals surface area (Å²) in [4.78, 5) is 20.9. The van der Waals surface area contributed by atoms with Crippen LogP contribution in [0.4, 0.5) is 13.2 Å². The van der Waals surface area contributed by atoms with Crippen LogP contribution in [0, 0.1) is 13.8 Å². The fourth-order valence-corrected chi connectivity index (χ4v) is 4.97. The van der Waals surface area contributed by atoms with Gasteiger partial charge < -0.3 is 18.9 Å². The number of aryl methyl sites for hydroxylation is 1. The molecule has 2 aromatic rings. The van der Waals surface area contributed by atoms with E-state index < -0.39 is 17.6 Å². The summed E-state index contributed by atoms with van der Waals surface area (Å²) >= 11 is 1.33. The molecule has 4 rings (SSSR count). The minimum absolute atomic E-state index is 0.0269. The standard InChI is InChI=1S/C25H28F3N3O3S/c1-16-17(2)35-24(31(16)14-20-8-6-12-33-20)29-23(32)21-13-18(25(26,27)28)9-10-22(21)34-15-19-7-4-5-11-30(19)3/h4-5,7,9-10,13,20H,6,8,11-12,14-15H2,1-3H3/t20-/m1/s1. The number of carbonyl (C=O) groups excluding carboxylic acids is 1. The topological polar surface area (TPSA) is 56.1 Å². The minimum Gasteiger partial charge on any atom is -0.487 e. The second kappa shape index (κ2) is 10.4. The molecule has 0 bridgehead atoms. The summed E-state index contributed by atoms with van der Waals surface area (Å²) in [5, 5.41) is 0. The maximum atomic E-state index is 13.4. The Bertz CT molecular complexity index is 1220. The van der Waals surface area contributed by atoms with E-state index in [2.05, 4.69) is 4.99 Å². The number of hydrogen-bond acceptors (Lipinski definition) is 5. The zero-order valence-corrected chi connectivity index (χ0v) is 20.7. The van der Waals surface area contributed by atoms with Crippen LogP contribution in [0.1, 0.15) is 39.3 Å². The summed E-state index contributed by atoms with van der Waals surface area (Å²) in [6.45, 7) is 5.92. The van der Waals surface area contributed by atoms with Crippen LogP contribution in [-0.4, -0.2) is 48.3 Å². The van der Waals surface area contributed by atoms with Crippen LogP contribution >= 0.6 is 11.3 Å². The third-order valence-corrected chi connectivity index (χ3v) is 7.30. The van der Waals surface area contributed by atoms with Gasteiger partial charge in [0.05, 0.1) is 29.5 Å². The van der Waals surface area contributed by atoms with Crippen molar-refractivity contribution in [2.45, 2.75) is 45.5 Å². The van der Waals surface area contributed by atoms with Gasteiger partial charge in [0.15, 0.2) is 4.80 Å². The van der Waals surface area contributed by atoms with E-state index in [-0.39, 0.29) is 24.0 Å². The molecule has 0 N–H and O–H groups in total. The average molecular weight is 508 g/mol. The number of halogens is 3. The first-order chi connectivity index (χ1) is 16.6. The molecule has 3 heterocycles. The Balaban J connectivity index is 1.69. The van der Waals surface area contributed by atoms with E-state index in [0.717, 1.165) is 41.2 Å². The second-order valence-corrected chi connectivity index (χ2v) is 9.83. The predicted octanol–water partition coefficient (Wildman–Crippen LogP) is 4.87. The Morgan fingerprint density at radius 2 is 2.11 bits per heavy atom. The summed E-state index contributed by atoms with van der Waals surface area (Å²) in [7, 11) is 1.89. The monoisotopic (exact) mass is 507 g/mol. The number of amides is 1. The van der Waals surface area contributed by atoms with Gasteiger partial charge in [0, 0.05) is 30.8 Å². The molecule has 1 aromatic heterocycles. The lowest BCUT2D eigenvalue weighted by Crippen LogP contribution is -2.25. The second-order valence-electron chi connectivity index (χ2n) is 8.65. The third-order valence-electron chi connectivity index (χ3n) is 6.20. The molecule has 1 atom stereocenters. The Labute approximate surface area is 206 Å². The number of hydrogen-bond donors (Lipinski definition) is 0. The zero-order valence-electron chi connectivity index (χ0n) is 19.9. The van der Waals surface area contributed by atoms with Gasteiger partial charge in [-0.15, -0.1) is 11.3 Å². The van der Waals surface area contributed by atoms with E-state index in [1.165, 1.54) is 17.4 Å². The number of likely N-dealkylation sites (N-methyl/N-ethyl adjacent to an activating group) is 1. The molecule has 0 spiro atoms. The Morgan fingerprint density at radius 3 is 2.80 bits per heavy atom. The highest BCUT2D eigenvalue weighted by molar-refractivity contribution is 7.09. The van der Waals surface area contributed by atoms with Gasteiger partial charge in [-0.05, 0) is 51.0 Å². The summed E-state index contributed by atoms with van der Waals surface area (Å²) < 4.78 is 53.8. The van der Waals surface area contributed by atoms with Crippen molar-refractivity contribution in [3.8, 4) is 5.75 Å². The van der Waals surface area contributed by atoms with Crippen LogP contribution in [0.2, 0.25) is 0 Å². The number of thiazole rings is 1. The number of carbonyl (C=O) groups is 1. The molecule has 1 amide bonds. The van der Waals surface area contributed by atoms with Gasteiger partial charge in [0.1, 0.15) is 12.4 Å². The quantitative estimate of drug-likeness (QED) is 0.560. The van der Waals surface area contributed by atoms with Crippen molar-refractivity contribution < 1.29 is 27.4 Å². The fourth-order valence-electron chi connectivity index (χ4n) is 3.99. The number of allylic oxidation sites excluding steroid dienone is 2. The van der Waals surface area contributed by atoms with Crippen molar-refractivity contribution in [1.82, 2.24) is 9.47 Å². The Hall–Kier alpha value is -2.85. The van der Waals surface area contributed by atoms with Crippen molar-refractivity contribution in [1.29, 1.82) is 0 Å². The van der Waals surface area contributed by atoms with E-state index in [0.29, 0.717) is 24.5 Å². The van der Waals surface area contributed by atoms with Gasteiger partial charge in [-0.25, -0.2) is 0 Å². The number of rotatable bonds is 6. The first-order valence-electron chi connectivity index (χ1n) is 11.4. The van der Waals surface area contributed by atoms with E-state index in [9.17, 15) is 18.0 Å². The lowest BCUT2D eigenvalue weighted by Gasteiger charge is -2.24. The maximum absolute atomic E-state index is 13.4. The summed E-state index contributed by atoms with van der Waals surface area (Å²) in [5.74, 6) is -0.717. The molecular weight excluding hydrogens is 479 g/mol. The highest BCUT2D eigenvalue weighted by atomic mass is 32.1. The van der Waals surface area contributed by atoms with Gasteiger partial charge in [0.2, 0.25) is 0 Å². The van der Waals surface area contributed by atoms with Gasteiger partial charge in [0.25, 0.3) is 5.91 Å². The molecule has 0 saturated carbocycles. The van der Waals surface area contributed by atoms with Crippen LogP contribution in [0.3, 0.4) is 0 Å². The fraction of sp³-hybridized carbons (Fsp3) is 0.440. The molecule has 6 nitrogen and oxygen atoms in total. The lowest BCUT2D eigenvalue weighted by molar-refractivity contribution is -0.137. The average Bonchev–Trinajstić information content (AvgIpc) is 3.42. The molecular formula is C25H28F3N3O3S. The molecule has 2 aliphatic heterocycles. The highest BCUT2D eigenvalue weighted by Gasteiger charge is 2.32. The molecule has 0 radical (unpaired) electrons. The van der Waals surface area contributed by atoms with Crippen molar-refractivity contribution in [3.05, 3.63) is 68.6 Å². The number of benzene rings is 1.